The summed E-state index contributed by atoms with van der Waals surface area (Å²) >= 11 is 1.27. The first kappa shape index (κ1) is 14.2. The van der Waals surface area contributed by atoms with Crippen molar-refractivity contribution in [1.29, 1.82) is 0 Å². The van der Waals surface area contributed by atoms with E-state index in [2.05, 4.69) is 22.1 Å². The Labute approximate surface area is 119 Å². The van der Waals surface area contributed by atoms with E-state index in [0.717, 1.165) is 6.07 Å². The van der Waals surface area contributed by atoms with Crippen molar-refractivity contribution >= 4 is 22.4 Å². The molecule has 102 valence electrons. The molecule has 0 saturated carbocycles. The highest BCUT2D eigenvalue weighted by Crippen LogP contribution is 2.15. The summed E-state index contributed by atoms with van der Waals surface area (Å²) in [6, 6.07) is 3.81. The smallest absolute Gasteiger partial charge is 0.258 e. The molecule has 2 aromatic rings. The molecule has 2 rings (SSSR count). The molecule has 0 radical (unpaired) electrons. The molecular formula is C14H11FN2O2S. The molecule has 20 heavy (non-hydrogen) atoms. The van der Waals surface area contributed by atoms with Crippen molar-refractivity contribution < 1.29 is 14.3 Å². The summed E-state index contributed by atoms with van der Waals surface area (Å²) in [5, 5.41) is 13.4. The third-order valence-corrected chi connectivity index (χ3v) is 3.03. The van der Waals surface area contributed by atoms with Gasteiger partial charge in [0.2, 0.25) is 0 Å². The molecule has 1 amide bonds. The van der Waals surface area contributed by atoms with Gasteiger partial charge >= 0.3 is 0 Å². The Hall–Kier alpha value is -2.23. The minimum absolute atomic E-state index is 0.0607. The SMILES string of the molecule is O=C(Nc1nccs1)c1cc(F)ccc1C#CCCO. The van der Waals surface area contributed by atoms with Gasteiger partial charge in [0, 0.05) is 23.6 Å². The van der Waals surface area contributed by atoms with Crippen molar-refractivity contribution in [2.45, 2.75) is 6.42 Å². The maximum absolute atomic E-state index is 13.3. The van der Waals surface area contributed by atoms with Crippen LogP contribution in [0.5, 0.6) is 0 Å². The van der Waals surface area contributed by atoms with Gasteiger partial charge in [0.25, 0.3) is 5.91 Å². The van der Waals surface area contributed by atoms with E-state index in [1.54, 1.807) is 11.6 Å². The van der Waals surface area contributed by atoms with Crippen LogP contribution in [0.3, 0.4) is 0 Å². The molecule has 0 aliphatic rings. The number of hydrogen-bond donors (Lipinski definition) is 2. The molecule has 2 N–H and O–H groups in total. The molecule has 4 nitrogen and oxygen atoms in total. The molecule has 6 heteroatoms. The molecule has 0 aliphatic heterocycles. The van der Waals surface area contributed by atoms with Crippen LogP contribution >= 0.6 is 11.3 Å². The Morgan fingerprint density at radius 2 is 2.35 bits per heavy atom. The molecule has 1 aromatic carbocycles. The highest BCUT2D eigenvalue weighted by atomic mass is 32.1. The zero-order chi connectivity index (χ0) is 14.4. The Bertz CT molecular complexity index is 660. The number of nitrogens with zero attached hydrogens (tertiary/aromatic N) is 1. The highest BCUT2D eigenvalue weighted by molar-refractivity contribution is 7.13. The number of carbonyl (C=O) groups excluding carboxylic acids is 1. The van der Waals surface area contributed by atoms with Gasteiger partial charge in [-0.2, -0.15) is 0 Å². The second kappa shape index (κ2) is 6.80. The van der Waals surface area contributed by atoms with Crippen LogP contribution in [0.1, 0.15) is 22.3 Å². The standard InChI is InChI=1S/C14H11FN2O2S/c15-11-5-4-10(3-1-2-7-18)12(9-11)13(19)17-14-16-6-8-20-14/h4-6,8-9,18H,2,7H2,(H,16,17,19). The predicted molar refractivity (Wildman–Crippen MR) is 75.0 cm³/mol. The molecule has 0 aliphatic carbocycles. The van der Waals surface area contributed by atoms with Gasteiger partial charge in [-0.25, -0.2) is 9.37 Å². The van der Waals surface area contributed by atoms with Crippen LogP contribution < -0.4 is 5.32 Å². The number of amides is 1. The number of halogens is 1. The summed E-state index contributed by atoms with van der Waals surface area (Å²) in [4.78, 5) is 16.0. The Morgan fingerprint density at radius 1 is 1.50 bits per heavy atom. The third kappa shape index (κ3) is 3.63. The van der Waals surface area contributed by atoms with E-state index < -0.39 is 11.7 Å². The molecular weight excluding hydrogens is 279 g/mol. The van der Waals surface area contributed by atoms with E-state index in [9.17, 15) is 9.18 Å². The summed E-state index contributed by atoms with van der Waals surface area (Å²) in [6.45, 7) is -0.0607. The van der Waals surface area contributed by atoms with E-state index in [-0.39, 0.29) is 12.2 Å². The number of anilines is 1. The Balaban J connectivity index is 2.27. The van der Waals surface area contributed by atoms with E-state index in [0.29, 0.717) is 17.1 Å². The van der Waals surface area contributed by atoms with Crippen molar-refractivity contribution in [2.24, 2.45) is 0 Å². The normalized spacial score (nSPS) is 9.70. The number of aliphatic hydroxyl groups is 1. The fraction of sp³-hybridized carbons (Fsp3) is 0.143. The summed E-state index contributed by atoms with van der Waals surface area (Å²) in [6.07, 6.45) is 1.86. The number of carbonyl (C=O) groups is 1. The van der Waals surface area contributed by atoms with Gasteiger partial charge in [0.15, 0.2) is 5.13 Å². The van der Waals surface area contributed by atoms with Crippen molar-refractivity contribution in [2.75, 3.05) is 11.9 Å². The van der Waals surface area contributed by atoms with Crippen molar-refractivity contribution in [1.82, 2.24) is 4.98 Å². The first-order chi connectivity index (χ1) is 9.70. The molecule has 0 saturated heterocycles. The number of rotatable bonds is 3. The largest absolute Gasteiger partial charge is 0.395 e. The van der Waals surface area contributed by atoms with Crippen molar-refractivity contribution in [3.8, 4) is 11.8 Å². The fourth-order valence-electron chi connectivity index (χ4n) is 1.48. The second-order valence-corrected chi connectivity index (χ2v) is 4.65. The van der Waals surface area contributed by atoms with Crippen LogP contribution in [-0.2, 0) is 0 Å². The minimum Gasteiger partial charge on any atom is -0.395 e. The first-order valence-corrected chi connectivity index (χ1v) is 6.69. The Kier molecular flexibility index (Phi) is 4.82. The lowest BCUT2D eigenvalue weighted by Gasteiger charge is -2.04. The molecule has 1 aromatic heterocycles. The fourth-order valence-corrected chi connectivity index (χ4v) is 2.00. The van der Waals surface area contributed by atoms with Crippen LogP contribution in [0.2, 0.25) is 0 Å². The Morgan fingerprint density at radius 3 is 3.05 bits per heavy atom. The maximum Gasteiger partial charge on any atom is 0.258 e. The maximum atomic E-state index is 13.3. The summed E-state index contributed by atoms with van der Waals surface area (Å²) < 4.78 is 13.3. The molecule has 0 unspecified atom stereocenters. The van der Waals surface area contributed by atoms with Crippen LogP contribution in [0, 0.1) is 17.7 Å². The number of thiazole rings is 1. The quantitative estimate of drug-likeness (QED) is 0.852. The zero-order valence-electron chi connectivity index (χ0n) is 10.4. The number of benzene rings is 1. The van der Waals surface area contributed by atoms with Crippen LogP contribution in [0.15, 0.2) is 29.8 Å². The van der Waals surface area contributed by atoms with Gasteiger partial charge in [-0.05, 0) is 18.2 Å². The predicted octanol–water partition coefficient (Wildman–Crippen LogP) is 2.27. The summed E-state index contributed by atoms with van der Waals surface area (Å²) in [7, 11) is 0. The molecule has 0 bridgehead atoms. The van der Waals surface area contributed by atoms with E-state index in [1.807, 2.05) is 0 Å². The summed E-state index contributed by atoms with van der Waals surface area (Å²) in [5.74, 6) is 4.48. The van der Waals surface area contributed by atoms with E-state index >= 15 is 0 Å². The van der Waals surface area contributed by atoms with Gasteiger partial charge in [-0.3, -0.25) is 10.1 Å². The van der Waals surface area contributed by atoms with Crippen molar-refractivity contribution in [3.05, 3.63) is 46.7 Å². The first-order valence-electron chi connectivity index (χ1n) is 5.81. The van der Waals surface area contributed by atoms with Crippen molar-refractivity contribution in [3.63, 3.8) is 0 Å². The molecule has 0 fully saturated rings. The minimum atomic E-state index is -0.512. The van der Waals surface area contributed by atoms with Crippen LogP contribution in [0.4, 0.5) is 9.52 Å². The van der Waals surface area contributed by atoms with Gasteiger partial charge < -0.3 is 5.11 Å². The monoisotopic (exact) mass is 290 g/mol. The number of hydrogen-bond acceptors (Lipinski definition) is 4. The lowest BCUT2D eigenvalue weighted by molar-refractivity contribution is 0.102. The average molecular weight is 290 g/mol. The molecule has 0 spiro atoms. The second-order valence-electron chi connectivity index (χ2n) is 3.76. The zero-order valence-corrected chi connectivity index (χ0v) is 11.2. The molecule has 0 atom stereocenters. The number of nitrogens with one attached hydrogen (secondary N) is 1. The third-order valence-electron chi connectivity index (χ3n) is 2.34. The summed E-state index contributed by atoms with van der Waals surface area (Å²) in [5.41, 5.74) is 0.555. The topological polar surface area (TPSA) is 62.2 Å². The lowest BCUT2D eigenvalue weighted by Crippen LogP contribution is -2.13. The van der Waals surface area contributed by atoms with Crippen LogP contribution in [-0.4, -0.2) is 22.6 Å². The van der Waals surface area contributed by atoms with Gasteiger partial charge in [0.1, 0.15) is 5.82 Å². The lowest BCUT2D eigenvalue weighted by atomic mass is 10.1. The highest BCUT2D eigenvalue weighted by Gasteiger charge is 2.12. The van der Waals surface area contributed by atoms with Gasteiger partial charge in [0.05, 0.1) is 12.2 Å². The molecule has 1 heterocycles. The van der Waals surface area contributed by atoms with E-state index in [4.69, 9.17) is 5.11 Å². The van der Waals surface area contributed by atoms with Gasteiger partial charge in [-0.1, -0.05) is 11.8 Å². The average Bonchev–Trinajstić information content (AvgIpc) is 2.93. The van der Waals surface area contributed by atoms with Crippen LogP contribution in [0.25, 0.3) is 0 Å². The van der Waals surface area contributed by atoms with E-state index in [1.165, 1.54) is 23.5 Å². The van der Waals surface area contributed by atoms with Gasteiger partial charge in [-0.15, -0.1) is 11.3 Å². The number of aliphatic hydroxyl groups excluding tert-OH is 1. The number of aromatic nitrogens is 1.